The third-order valence-electron chi connectivity index (χ3n) is 4.24. The van der Waals surface area contributed by atoms with Gasteiger partial charge in [0.25, 0.3) is 0 Å². The van der Waals surface area contributed by atoms with Crippen LogP contribution in [0.15, 0.2) is 48.5 Å². The summed E-state index contributed by atoms with van der Waals surface area (Å²) in [7, 11) is -3.78. The van der Waals surface area contributed by atoms with Gasteiger partial charge in [0.15, 0.2) is 5.75 Å². The number of alkyl halides is 3. The second kappa shape index (κ2) is 9.91. The molecule has 32 heavy (non-hydrogen) atoms. The number of nitrogens with one attached hydrogen (secondary N) is 2. The van der Waals surface area contributed by atoms with Crippen LogP contribution in [0.5, 0.6) is 5.75 Å². The van der Waals surface area contributed by atoms with Crippen molar-refractivity contribution in [2.75, 3.05) is 11.0 Å². The molecule has 0 saturated carbocycles. The standard InChI is InChI=1S/C22H25F3N2O3S2/c1-21(2,3)17-9-5-15(6-10-17)8-12-20(31)26-14-16-7-11-18(27-32(4,28)29)19(13-16)30-22(23,24)25/h5-13,27H,14H2,1-4H3,(H,26,31)/b12-8+. The lowest BCUT2D eigenvalue weighted by atomic mass is 9.87. The highest BCUT2D eigenvalue weighted by atomic mass is 32.2. The molecule has 5 nitrogen and oxygen atoms in total. The van der Waals surface area contributed by atoms with Gasteiger partial charge < -0.3 is 10.1 Å². The zero-order valence-corrected chi connectivity index (χ0v) is 19.7. The van der Waals surface area contributed by atoms with Gasteiger partial charge in [-0.2, -0.15) is 0 Å². The SMILES string of the molecule is CC(C)(C)c1ccc(/C=C/C(=S)NCc2ccc(NS(C)(=O)=O)c(OC(F)(F)F)c2)cc1. The van der Waals surface area contributed by atoms with Crippen molar-refractivity contribution in [3.05, 3.63) is 65.2 Å². The molecule has 0 atom stereocenters. The predicted octanol–water partition coefficient (Wildman–Crippen LogP) is 5.38. The van der Waals surface area contributed by atoms with E-state index in [1.54, 1.807) is 6.08 Å². The Morgan fingerprint density at radius 3 is 2.25 bits per heavy atom. The first-order valence-electron chi connectivity index (χ1n) is 9.55. The van der Waals surface area contributed by atoms with Crippen LogP contribution in [0.25, 0.3) is 6.08 Å². The molecular weight excluding hydrogens is 461 g/mol. The lowest BCUT2D eigenvalue weighted by molar-refractivity contribution is -0.274. The van der Waals surface area contributed by atoms with E-state index in [9.17, 15) is 21.6 Å². The summed E-state index contributed by atoms with van der Waals surface area (Å²) >= 11 is 5.25. The third kappa shape index (κ3) is 8.88. The molecule has 0 bridgehead atoms. The first kappa shape index (κ1) is 25.7. The van der Waals surface area contributed by atoms with Crippen LogP contribution in [0.1, 0.15) is 37.5 Å². The molecule has 10 heteroatoms. The summed E-state index contributed by atoms with van der Waals surface area (Å²) in [4.78, 5) is 0.390. The number of ether oxygens (including phenoxy) is 1. The predicted molar refractivity (Wildman–Crippen MR) is 125 cm³/mol. The molecule has 2 rings (SSSR count). The summed E-state index contributed by atoms with van der Waals surface area (Å²) in [5.74, 6) is -0.650. The highest BCUT2D eigenvalue weighted by Crippen LogP contribution is 2.32. The van der Waals surface area contributed by atoms with Crippen molar-refractivity contribution in [2.45, 2.75) is 39.1 Å². The quantitative estimate of drug-likeness (QED) is 0.406. The van der Waals surface area contributed by atoms with Gasteiger partial charge in [0.2, 0.25) is 10.0 Å². The van der Waals surface area contributed by atoms with Crippen molar-refractivity contribution in [2.24, 2.45) is 0 Å². The Bertz CT molecular complexity index is 1090. The highest BCUT2D eigenvalue weighted by Gasteiger charge is 2.32. The Labute approximate surface area is 191 Å². The van der Waals surface area contributed by atoms with E-state index in [1.165, 1.54) is 17.7 Å². The molecule has 0 amide bonds. The summed E-state index contributed by atoms with van der Waals surface area (Å²) in [6, 6.07) is 11.8. The van der Waals surface area contributed by atoms with E-state index in [2.05, 4.69) is 30.8 Å². The fourth-order valence-corrected chi connectivity index (χ4v) is 3.39. The Morgan fingerprint density at radius 1 is 1.09 bits per heavy atom. The monoisotopic (exact) mass is 486 g/mol. The maximum absolute atomic E-state index is 12.7. The van der Waals surface area contributed by atoms with Crippen LogP contribution < -0.4 is 14.8 Å². The molecular formula is C22H25F3N2O3S2. The molecule has 2 aromatic carbocycles. The zero-order valence-electron chi connectivity index (χ0n) is 18.1. The van der Waals surface area contributed by atoms with Gasteiger partial charge in [-0.15, -0.1) is 13.2 Å². The number of thiocarbonyl (C=S) groups is 1. The molecule has 2 N–H and O–H groups in total. The smallest absolute Gasteiger partial charge is 0.404 e. The highest BCUT2D eigenvalue weighted by molar-refractivity contribution is 7.92. The number of halogens is 3. The zero-order chi connectivity index (χ0) is 24.2. The second-order valence-electron chi connectivity index (χ2n) is 8.18. The van der Waals surface area contributed by atoms with Gasteiger partial charge in [0.1, 0.15) is 0 Å². The van der Waals surface area contributed by atoms with Crippen molar-refractivity contribution < 1.29 is 26.3 Å². The van der Waals surface area contributed by atoms with E-state index in [0.29, 0.717) is 10.6 Å². The number of hydrogen-bond acceptors (Lipinski definition) is 4. The fourth-order valence-electron chi connectivity index (χ4n) is 2.68. The fraction of sp³-hybridized carbons (Fsp3) is 0.318. The molecule has 0 saturated heterocycles. The maximum atomic E-state index is 12.7. The number of rotatable bonds is 7. The Balaban J connectivity index is 2.06. The Morgan fingerprint density at radius 2 is 1.72 bits per heavy atom. The van der Waals surface area contributed by atoms with Gasteiger partial charge in [-0.25, -0.2) is 8.42 Å². The van der Waals surface area contributed by atoms with Crippen molar-refractivity contribution in [1.82, 2.24) is 5.32 Å². The molecule has 0 aliphatic rings. The van der Waals surface area contributed by atoms with Gasteiger partial charge >= 0.3 is 6.36 Å². The van der Waals surface area contributed by atoms with Gasteiger partial charge in [0, 0.05) is 6.54 Å². The van der Waals surface area contributed by atoms with E-state index in [1.807, 2.05) is 35.1 Å². The summed E-state index contributed by atoms with van der Waals surface area (Å²) in [6.07, 6.45) is -0.616. The topological polar surface area (TPSA) is 67.4 Å². The number of sulfonamides is 1. The normalized spacial score (nSPS) is 12.6. The first-order valence-corrected chi connectivity index (χ1v) is 11.9. The number of anilines is 1. The van der Waals surface area contributed by atoms with Crippen LogP contribution in [0, 0.1) is 0 Å². The number of benzene rings is 2. The number of hydrogen-bond donors (Lipinski definition) is 2. The van der Waals surface area contributed by atoms with E-state index in [-0.39, 0.29) is 17.6 Å². The first-order chi connectivity index (χ1) is 14.6. The minimum atomic E-state index is -4.97. The summed E-state index contributed by atoms with van der Waals surface area (Å²) in [5.41, 5.74) is 2.34. The van der Waals surface area contributed by atoms with E-state index in [0.717, 1.165) is 17.9 Å². The lowest BCUT2D eigenvalue weighted by Crippen LogP contribution is -2.21. The molecule has 174 valence electrons. The van der Waals surface area contributed by atoms with Crippen LogP contribution in [-0.4, -0.2) is 26.0 Å². The van der Waals surface area contributed by atoms with Gasteiger partial charge in [-0.3, -0.25) is 4.72 Å². The minimum Gasteiger partial charge on any atom is -0.404 e. The van der Waals surface area contributed by atoms with Crippen molar-refractivity contribution >= 4 is 39.0 Å². The van der Waals surface area contributed by atoms with Crippen LogP contribution in [0.3, 0.4) is 0 Å². The van der Waals surface area contributed by atoms with Gasteiger partial charge in [-0.1, -0.05) is 69.4 Å². The molecule has 0 spiro atoms. The van der Waals surface area contributed by atoms with Crippen LogP contribution in [0.2, 0.25) is 0 Å². The van der Waals surface area contributed by atoms with Crippen molar-refractivity contribution in [3.63, 3.8) is 0 Å². The Kier molecular flexibility index (Phi) is 7.95. The van der Waals surface area contributed by atoms with Gasteiger partial charge in [0.05, 0.1) is 16.9 Å². The average molecular weight is 487 g/mol. The van der Waals surface area contributed by atoms with Crippen molar-refractivity contribution in [3.8, 4) is 5.75 Å². The second-order valence-corrected chi connectivity index (χ2v) is 10.4. The molecule has 0 heterocycles. The molecule has 0 aromatic heterocycles. The Hall–Kier alpha value is -2.59. The molecule has 0 radical (unpaired) electrons. The lowest BCUT2D eigenvalue weighted by Gasteiger charge is -2.18. The summed E-state index contributed by atoms with van der Waals surface area (Å²) in [5, 5.41) is 2.93. The van der Waals surface area contributed by atoms with E-state index < -0.39 is 22.1 Å². The van der Waals surface area contributed by atoms with E-state index >= 15 is 0 Å². The summed E-state index contributed by atoms with van der Waals surface area (Å²) < 4.78 is 66.9. The largest absolute Gasteiger partial charge is 0.573 e. The van der Waals surface area contributed by atoms with Crippen LogP contribution in [0.4, 0.5) is 18.9 Å². The molecule has 0 aliphatic heterocycles. The third-order valence-corrected chi connectivity index (χ3v) is 5.11. The average Bonchev–Trinajstić information content (AvgIpc) is 2.64. The van der Waals surface area contributed by atoms with E-state index in [4.69, 9.17) is 12.2 Å². The molecule has 0 fully saturated rings. The minimum absolute atomic E-state index is 0.0557. The molecule has 0 aliphatic carbocycles. The summed E-state index contributed by atoms with van der Waals surface area (Å²) in [6.45, 7) is 6.52. The van der Waals surface area contributed by atoms with Gasteiger partial charge in [-0.05, 0) is 40.3 Å². The molecule has 0 unspecified atom stereocenters. The van der Waals surface area contributed by atoms with Crippen LogP contribution >= 0.6 is 12.2 Å². The van der Waals surface area contributed by atoms with Crippen LogP contribution in [-0.2, 0) is 22.0 Å². The van der Waals surface area contributed by atoms with Crippen molar-refractivity contribution in [1.29, 1.82) is 0 Å². The maximum Gasteiger partial charge on any atom is 0.573 e. The molecule has 2 aromatic rings.